The molecule has 0 bridgehead atoms. The van der Waals surface area contributed by atoms with E-state index in [0.717, 1.165) is 17.4 Å². The summed E-state index contributed by atoms with van der Waals surface area (Å²) in [5.41, 5.74) is 7.41. The van der Waals surface area contributed by atoms with E-state index >= 15 is 0 Å². The van der Waals surface area contributed by atoms with Crippen LogP contribution in [-0.4, -0.2) is 45.3 Å². The molecule has 108 valence electrons. The lowest BCUT2D eigenvalue weighted by atomic mass is 9.93. The fourth-order valence-electron chi connectivity index (χ4n) is 2.01. The second-order valence-electron chi connectivity index (χ2n) is 4.73. The molecule has 0 aliphatic carbocycles. The lowest BCUT2D eigenvalue weighted by Gasteiger charge is -2.22. The van der Waals surface area contributed by atoms with E-state index in [9.17, 15) is 13.5 Å². The summed E-state index contributed by atoms with van der Waals surface area (Å²) in [6.45, 7) is 2.08. The summed E-state index contributed by atoms with van der Waals surface area (Å²) in [4.78, 5) is 0. The standard InChI is InChI=1S/C13H21NO4S/c1-9-4-5-10(6-13(9)18-2)11(7-14)12(15)8-19(3,16)17/h4-6,11-12,15H,7-8,14H2,1-3H3. The summed E-state index contributed by atoms with van der Waals surface area (Å²) >= 11 is 0. The van der Waals surface area contributed by atoms with Crippen molar-refractivity contribution in [2.24, 2.45) is 5.73 Å². The molecule has 1 aromatic rings. The Bertz CT molecular complexity index is 527. The maximum absolute atomic E-state index is 11.2. The van der Waals surface area contributed by atoms with Crippen LogP contribution in [-0.2, 0) is 9.84 Å². The Balaban J connectivity index is 3.03. The first-order valence-corrected chi connectivity index (χ1v) is 8.05. The van der Waals surface area contributed by atoms with Gasteiger partial charge in [0.15, 0.2) is 0 Å². The number of aliphatic hydroxyl groups is 1. The van der Waals surface area contributed by atoms with Crippen molar-refractivity contribution in [1.82, 2.24) is 0 Å². The second kappa shape index (κ2) is 6.36. The van der Waals surface area contributed by atoms with Gasteiger partial charge in [-0.2, -0.15) is 0 Å². The van der Waals surface area contributed by atoms with Crippen LogP contribution in [0.3, 0.4) is 0 Å². The maximum Gasteiger partial charge on any atom is 0.150 e. The summed E-state index contributed by atoms with van der Waals surface area (Å²) in [7, 11) is -1.68. The molecule has 1 rings (SSSR count). The summed E-state index contributed by atoms with van der Waals surface area (Å²) in [6.07, 6.45) is 0.0758. The number of sulfone groups is 1. The topological polar surface area (TPSA) is 89.6 Å². The molecule has 0 saturated heterocycles. The molecule has 0 spiro atoms. The Hall–Kier alpha value is -1.11. The third kappa shape index (κ3) is 4.49. The number of benzene rings is 1. The quantitative estimate of drug-likeness (QED) is 0.793. The van der Waals surface area contributed by atoms with Crippen LogP contribution in [0.4, 0.5) is 0 Å². The Morgan fingerprint density at radius 1 is 1.42 bits per heavy atom. The molecular formula is C13H21NO4S. The molecule has 0 aliphatic heterocycles. The van der Waals surface area contributed by atoms with E-state index in [-0.39, 0.29) is 12.3 Å². The molecular weight excluding hydrogens is 266 g/mol. The lowest BCUT2D eigenvalue weighted by Crippen LogP contribution is -2.31. The Labute approximate surface area is 114 Å². The van der Waals surface area contributed by atoms with Crippen molar-refractivity contribution in [3.05, 3.63) is 29.3 Å². The third-order valence-electron chi connectivity index (χ3n) is 3.05. The summed E-state index contributed by atoms with van der Waals surface area (Å²) < 4.78 is 27.7. The van der Waals surface area contributed by atoms with Crippen molar-refractivity contribution in [3.63, 3.8) is 0 Å². The van der Waals surface area contributed by atoms with Gasteiger partial charge in [-0.3, -0.25) is 0 Å². The van der Waals surface area contributed by atoms with Gasteiger partial charge < -0.3 is 15.6 Å². The predicted octanol–water partition coefficient (Wildman–Crippen LogP) is 0.451. The molecule has 0 heterocycles. The summed E-state index contributed by atoms with van der Waals surface area (Å²) in [6, 6.07) is 5.49. The number of hydrogen-bond donors (Lipinski definition) is 2. The minimum atomic E-state index is -3.25. The SMILES string of the molecule is COc1cc(C(CN)C(O)CS(C)(=O)=O)ccc1C. The van der Waals surface area contributed by atoms with Crippen molar-refractivity contribution < 1.29 is 18.3 Å². The molecule has 1 aromatic carbocycles. The monoisotopic (exact) mass is 287 g/mol. The highest BCUT2D eigenvalue weighted by Gasteiger charge is 2.24. The van der Waals surface area contributed by atoms with Crippen LogP contribution < -0.4 is 10.5 Å². The van der Waals surface area contributed by atoms with Gasteiger partial charge in [0.2, 0.25) is 0 Å². The van der Waals surface area contributed by atoms with Gasteiger partial charge in [-0.25, -0.2) is 8.42 Å². The van der Waals surface area contributed by atoms with Crippen molar-refractivity contribution in [1.29, 1.82) is 0 Å². The minimum absolute atomic E-state index is 0.170. The maximum atomic E-state index is 11.2. The van der Waals surface area contributed by atoms with E-state index in [1.54, 1.807) is 13.2 Å². The third-order valence-corrected chi connectivity index (χ3v) is 4.00. The zero-order valence-corrected chi connectivity index (χ0v) is 12.3. The molecule has 19 heavy (non-hydrogen) atoms. The molecule has 0 aromatic heterocycles. The van der Waals surface area contributed by atoms with Gasteiger partial charge in [0, 0.05) is 18.7 Å². The van der Waals surface area contributed by atoms with E-state index in [1.807, 2.05) is 19.1 Å². The van der Waals surface area contributed by atoms with E-state index in [4.69, 9.17) is 10.5 Å². The highest BCUT2D eigenvalue weighted by atomic mass is 32.2. The molecule has 0 radical (unpaired) electrons. The van der Waals surface area contributed by atoms with Gasteiger partial charge >= 0.3 is 0 Å². The zero-order chi connectivity index (χ0) is 14.6. The fourth-order valence-corrected chi connectivity index (χ4v) is 2.86. The van der Waals surface area contributed by atoms with Gasteiger partial charge in [-0.15, -0.1) is 0 Å². The molecule has 0 saturated carbocycles. The van der Waals surface area contributed by atoms with E-state index in [2.05, 4.69) is 0 Å². The van der Waals surface area contributed by atoms with Crippen LogP contribution in [0, 0.1) is 6.92 Å². The average molecular weight is 287 g/mol. The highest BCUT2D eigenvalue weighted by Crippen LogP contribution is 2.26. The lowest BCUT2D eigenvalue weighted by molar-refractivity contribution is 0.167. The Morgan fingerprint density at radius 2 is 2.05 bits per heavy atom. The van der Waals surface area contributed by atoms with E-state index in [0.29, 0.717) is 5.75 Å². The van der Waals surface area contributed by atoms with Crippen LogP contribution in [0.2, 0.25) is 0 Å². The number of aliphatic hydroxyl groups excluding tert-OH is 1. The van der Waals surface area contributed by atoms with Crippen LogP contribution in [0.25, 0.3) is 0 Å². The Kier molecular flexibility index (Phi) is 5.34. The first-order valence-electron chi connectivity index (χ1n) is 5.99. The molecule has 6 heteroatoms. The number of aryl methyl sites for hydroxylation is 1. The number of rotatable bonds is 6. The van der Waals surface area contributed by atoms with Gasteiger partial charge in [0.1, 0.15) is 15.6 Å². The average Bonchev–Trinajstić information content (AvgIpc) is 2.29. The van der Waals surface area contributed by atoms with Crippen LogP contribution in [0.1, 0.15) is 17.0 Å². The smallest absolute Gasteiger partial charge is 0.150 e. The van der Waals surface area contributed by atoms with E-state index < -0.39 is 21.9 Å². The number of methoxy groups -OCH3 is 1. The van der Waals surface area contributed by atoms with Crippen LogP contribution in [0.15, 0.2) is 18.2 Å². The molecule has 2 atom stereocenters. The first-order chi connectivity index (χ1) is 8.78. The van der Waals surface area contributed by atoms with Gasteiger partial charge in [-0.1, -0.05) is 12.1 Å². The Morgan fingerprint density at radius 3 is 2.53 bits per heavy atom. The van der Waals surface area contributed by atoms with Gasteiger partial charge in [0.25, 0.3) is 0 Å². The molecule has 0 amide bonds. The number of hydrogen-bond acceptors (Lipinski definition) is 5. The first kappa shape index (κ1) is 15.9. The van der Waals surface area contributed by atoms with Crippen LogP contribution >= 0.6 is 0 Å². The number of nitrogens with two attached hydrogens (primary N) is 1. The van der Waals surface area contributed by atoms with Crippen molar-refractivity contribution in [2.75, 3.05) is 25.7 Å². The fraction of sp³-hybridized carbons (Fsp3) is 0.538. The van der Waals surface area contributed by atoms with E-state index in [1.165, 1.54) is 0 Å². The highest BCUT2D eigenvalue weighted by molar-refractivity contribution is 7.90. The van der Waals surface area contributed by atoms with Crippen molar-refractivity contribution in [2.45, 2.75) is 18.9 Å². The zero-order valence-electron chi connectivity index (χ0n) is 11.5. The number of ether oxygens (including phenoxy) is 1. The second-order valence-corrected chi connectivity index (χ2v) is 6.92. The van der Waals surface area contributed by atoms with Crippen LogP contribution in [0.5, 0.6) is 5.75 Å². The normalized spacial score (nSPS) is 15.0. The van der Waals surface area contributed by atoms with Gasteiger partial charge in [0.05, 0.1) is 19.0 Å². The summed E-state index contributed by atoms with van der Waals surface area (Å²) in [5.74, 6) is -0.0304. The molecule has 0 aliphatic rings. The largest absolute Gasteiger partial charge is 0.496 e. The van der Waals surface area contributed by atoms with Gasteiger partial charge in [-0.05, 0) is 24.1 Å². The molecule has 0 fully saturated rings. The van der Waals surface area contributed by atoms with Crippen molar-refractivity contribution in [3.8, 4) is 5.75 Å². The summed E-state index contributed by atoms with van der Waals surface area (Å²) in [5, 5.41) is 10.0. The van der Waals surface area contributed by atoms with Crippen molar-refractivity contribution >= 4 is 9.84 Å². The predicted molar refractivity (Wildman–Crippen MR) is 75.2 cm³/mol. The molecule has 3 N–H and O–H groups in total. The minimum Gasteiger partial charge on any atom is -0.496 e. The molecule has 2 unspecified atom stereocenters. The molecule has 5 nitrogen and oxygen atoms in total.